The summed E-state index contributed by atoms with van der Waals surface area (Å²) in [7, 11) is 1.56. The molecule has 0 aliphatic heterocycles. The number of pyridine rings is 1. The highest BCUT2D eigenvalue weighted by atomic mass is 16.6. The number of benzene rings is 1. The molecule has 0 unspecified atom stereocenters. The molecule has 0 saturated carbocycles. The smallest absolute Gasteiger partial charge is 0.391 e. The standard InChI is InChI=1S/C13H11N3O4/c1-15(10-5-3-2-4-6-10)13(17)20-12-8-7-11(9-14-12)16(18)19/h2-9H,1H3. The molecule has 20 heavy (non-hydrogen) atoms. The lowest BCUT2D eigenvalue weighted by molar-refractivity contribution is -0.385. The van der Waals surface area contributed by atoms with E-state index in [0.717, 1.165) is 6.20 Å². The number of rotatable bonds is 3. The first kappa shape index (κ1) is 13.5. The lowest BCUT2D eigenvalue weighted by Crippen LogP contribution is -2.29. The molecule has 2 rings (SSSR count). The van der Waals surface area contributed by atoms with Crippen LogP contribution in [0.5, 0.6) is 5.88 Å². The fourth-order valence-corrected chi connectivity index (χ4v) is 1.46. The summed E-state index contributed by atoms with van der Waals surface area (Å²) < 4.78 is 5.02. The van der Waals surface area contributed by atoms with Gasteiger partial charge >= 0.3 is 6.09 Å². The van der Waals surface area contributed by atoms with E-state index in [4.69, 9.17) is 4.74 Å². The maximum absolute atomic E-state index is 11.9. The molecule has 102 valence electrons. The van der Waals surface area contributed by atoms with E-state index in [2.05, 4.69) is 4.98 Å². The third-order valence-corrected chi connectivity index (χ3v) is 2.54. The Balaban J connectivity index is 2.06. The molecule has 1 aromatic heterocycles. The van der Waals surface area contributed by atoms with Gasteiger partial charge in [-0.25, -0.2) is 9.78 Å². The average molecular weight is 273 g/mol. The molecule has 0 atom stereocenters. The first-order valence-corrected chi connectivity index (χ1v) is 5.69. The van der Waals surface area contributed by atoms with Gasteiger partial charge in [0.05, 0.1) is 4.92 Å². The van der Waals surface area contributed by atoms with Gasteiger partial charge in [0.25, 0.3) is 5.69 Å². The van der Waals surface area contributed by atoms with Gasteiger partial charge in [-0.3, -0.25) is 15.0 Å². The van der Waals surface area contributed by atoms with Crippen LogP contribution in [0.1, 0.15) is 0 Å². The molecule has 0 radical (unpaired) electrons. The van der Waals surface area contributed by atoms with Gasteiger partial charge in [-0.05, 0) is 12.1 Å². The molecule has 0 saturated heterocycles. The zero-order valence-corrected chi connectivity index (χ0v) is 10.6. The Kier molecular flexibility index (Phi) is 3.90. The summed E-state index contributed by atoms with van der Waals surface area (Å²) in [5.41, 5.74) is 0.501. The quantitative estimate of drug-likeness (QED) is 0.633. The van der Waals surface area contributed by atoms with Crippen LogP contribution in [-0.2, 0) is 0 Å². The summed E-state index contributed by atoms with van der Waals surface area (Å²) in [6.07, 6.45) is 0.406. The Morgan fingerprint density at radius 1 is 1.25 bits per heavy atom. The van der Waals surface area contributed by atoms with Crippen molar-refractivity contribution < 1.29 is 14.5 Å². The average Bonchev–Trinajstić information content (AvgIpc) is 2.48. The summed E-state index contributed by atoms with van der Waals surface area (Å²) in [6.45, 7) is 0. The summed E-state index contributed by atoms with van der Waals surface area (Å²) >= 11 is 0. The van der Waals surface area contributed by atoms with Gasteiger partial charge in [0.15, 0.2) is 0 Å². The summed E-state index contributed by atoms with van der Waals surface area (Å²) in [6, 6.07) is 11.4. The van der Waals surface area contributed by atoms with Crippen LogP contribution in [0.25, 0.3) is 0 Å². The number of carbonyl (C=O) groups is 1. The van der Waals surface area contributed by atoms with Gasteiger partial charge in [0.2, 0.25) is 5.88 Å². The van der Waals surface area contributed by atoms with E-state index in [1.807, 2.05) is 6.07 Å². The second-order valence-electron chi connectivity index (χ2n) is 3.87. The molecule has 0 bridgehead atoms. The highest BCUT2D eigenvalue weighted by Crippen LogP contribution is 2.16. The van der Waals surface area contributed by atoms with Gasteiger partial charge < -0.3 is 4.74 Å². The lowest BCUT2D eigenvalue weighted by atomic mass is 10.3. The zero-order valence-electron chi connectivity index (χ0n) is 10.6. The summed E-state index contributed by atoms with van der Waals surface area (Å²) in [5.74, 6) is 0.00313. The predicted molar refractivity (Wildman–Crippen MR) is 71.8 cm³/mol. The van der Waals surface area contributed by atoms with Crippen LogP contribution in [0, 0.1) is 10.1 Å². The van der Waals surface area contributed by atoms with Gasteiger partial charge in [-0.2, -0.15) is 0 Å². The number of amides is 1. The Labute approximate surface area is 114 Å². The van der Waals surface area contributed by atoms with E-state index >= 15 is 0 Å². The molecule has 1 heterocycles. The van der Waals surface area contributed by atoms with Crippen LogP contribution in [-0.4, -0.2) is 23.0 Å². The molecule has 0 N–H and O–H groups in total. The summed E-state index contributed by atoms with van der Waals surface area (Å²) in [4.78, 5) is 26.8. The molecular weight excluding hydrogens is 262 g/mol. The lowest BCUT2D eigenvalue weighted by Gasteiger charge is -2.16. The van der Waals surface area contributed by atoms with Gasteiger partial charge in [0.1, 0.15) is 6.20 Å². The van der Waals surface area contributed by atoms with Crippen molar-refractivity contribution in [3.63, 3.8) is 0 Å². The number of anilines is 1. The Bertz CT molecular complexity index is 613. The van der Waals surface area contributed by atoms with Crippen molar-refractivity contribution in [2.75, 3.05) is 11.9 Å². The van der Waals surface area contributed by atoms with Crippen molar-refractivity contribution in [2.24, 2.45) is 0 Å². The molecular formula is C13H11N3O4. The van der Waals surface area contributed by atoms with Crippen LogP contribution < -0.4 is 9.64 Å². The number of nitrogens with zero attached hydrogens (tertiary/aromatic N) is 3. The molecule has 0 aliphatic carbocycles. The van der Waals surface area contributed by atoms with E-state index in [-0.39, 0.29) is 11.6 Å². The molecule has 7 heteroatoms. The third-order valence-electron chi connectivity index (χ3n) is 2.54. The first-order chi connectivity index (χ1) is 9.58. The third kappa shape index (κ3) is 3.08. The molecule has 0 aliphatic rings. The van der Waals surface area contributed by atoms with Crippen molar-refractivity contribution in [1.29, 1.82) is 0 Å². The van der Waals surface area contributed by atoms with E-state index in [1.54, 1.807) is 31.3 Å². The minimum atomic E-state index is -0.627. The second kappa shape index (κ2) is 5.79. The summed E-state index contributed by atoms with van der Waals surface area (Å²) in [5, 5.41) is 10.5. The Morgan fingerprint density at radius 3 is 2.50 bits per heavy atom. The number of hydrogen-bond donors (Lipinski definition) is 0. The van der Waals surface area contributed by atoms with Crippen molar-refractivity contribution in [1.82, 2.24) is 4.98 Å². The number of ether oxygens (including phenoxy) is 1. The van der Waals surface area contributed by atoms with Gasteiger partial charge in [-0.15, -0.1) is 0 Å². The van der Waals surface area contributed by atoms with Crippen LogP contribution in [0.15, 0.2) is 48.7 Å². The Hall–Kier alpha value is -2.96. The number of nitro groups is 1. The van der Waals surface area contributed by atoms with Gasteiger partial charge in [0, 0.05) is 24.9 Å². The maximum atomic E-state index is 11.9. The zero-order chi connectivity index (χ0) is 14.5. The van der Waals surface area contributed by atoms with Crippen molar-refractivity contribution in [3.05, 3.63) is 58.8 Å². The number of aromatic nitrogens is 1. The predicted octanol–water partition coefficient (Wildman–Crippen LogP) is 2.63. The SMILES string of the molecule is CN(C(=O)Oc1ccc([N+](=O)[O-])cn1)c1ccccc1. The normalized spacial score (nSPS) is 9.85. The first-order valence-electron chi connectivity index (χ1n) is 5.69. The molecule has 2 aromatic rings. The monoisotopic (exact) mass is 273 g/mol. The molecule has 1 aromatic carbocycles. The minimum absolute atomic E-state index is 0.00313. The van der Waals surface area contributed by atoms with Crippen molar-refractivity contribution in [2.45, 2.75) is 0 Å². The minimum Gasteiger partial charge on any atom is -0.391 e. The second-order valence-corrected chi connectivity index (χ2v) is 3.87. The van der Waals surface area contributed by atoms with Crippen molar-refractivity contribution in [3.8, 4) is 5.88 Å². The highest BCUT2D eigenvalue weighted by molar-refractivity contribution is 5.88. The van der Waals surface area contributed by atoms with E-state index in [1.165, 1.54) is 17.0 Å². The number of carbonyl (C=O) groups excluding carboxylic acids is 1. The van der Waals surface area contributed by atoms with Crippen LogP contribution in [0.2, 0.25) is 0 Å². The molecule has 1 amide bonds. The van der Waals surface area contributed by atoms with E-state index in [0.29, 0.717) is 5.69 Å². The fourth-order valence-electron chi connectivity index (χ4n) is 1.46. The van der Waals surface area contributed by atoms with E-state index in [9.17, 15) is 14.9 Å². The van der Waals surface area contributed by atoms with Gasteiger partial charge in [-0.1, -0.05) is 18.2 Å². The maximum Gasteiger partial charge on any atom is 0.420 e. The van der Waals surface area contributed by atoms with Crippen molar-refractivity contribution >= 4 is 17.5 Å². The fraction of sp³-hybridized carbons (Fsp3) is 0.0769. The molecule has 0 spiro atoms. The Morgan fingerprint density at radius 2 is 1.95 bits per heavy atom. The highest BCUT2D eigenvalue weighted by Gasteiger charge is 2.14. The molecule has 7 nitrogen and oxygen atoms in total. The number of hydrogen-bond acceptors (Lipinski definition) is 5. The number of para-hydroxylation sites is 1. The van der Waals surface area contributed by atoms with Crippen LogP contribution in [0.3, 0.4) is 0 Å². The van der Waals surface area contributed by atoms with E-state index < -0.39 is 11.0 Å². The largest absolute Gasteiger partial charge is 0.420 e. The van der Waals surface area contributed by atoms with Crippen LogP contribution in [0.4, 0.5) is 16.2 Å². The topological polar surface area (TPSA) is 85.6 Å². The molecule has 0 fully saturated rings. The van der Waals surface area contributed by atoms with Crippen LogP contribution >= 0.6 is 0 Å².